The number of halogens is 2. The molecule has 112 valence electrons. The standard InChI is InChI=1S/C15H14ClFO3S/c1-10-11(2)15(21(16,18)19)8-7-14(10)20-9-12-3-5-13(17)6-4-12/h3-8H,9H2,1-2H3. The molecule has 0 aliphatic carbocycles. The van der Waals surface area contributed by atoms with Gasteiger partial charge >= 0.3 is 0 Å². The number of hydrogen-bond donors (Lipinski definition) is 0. The average molecular weight is 329 g/mol. The van der Waals surface area contributed by atoms with E-state index in [1.54, 1.807) is 32.0 Å². The van der Waals surface area contributed by atoms with Crippen molar-refractivity contribution in [2.75, 3.05) is 0 Å². The summed E-state index contributed by atoms with van der Waals surface area (Å²) < 4.78 is 41.3. The van der Waals surface area contributed by atoms with Gasteiger partial charge in [-0.3, -0.25) is 0 Å². The third kappa shape index (κ3) is 3.74. The van der Waals surface area contributed by atoms with E-state index in [0.29, 0.717) is 16.9 Å². The highest BCUT2D eigenvalue weighted by Gasteiger charge is 2.16. The molecule has 0 aliphatic rings. The lowest BCUT2D eigenvalue weighted by Crippen LogP contribution is -2.01. The van der Waals surface area contributed by atoms with Crippen LogP contribution < -0.4 is 4.74 Å². The van der Waals surface area contributed by atoms with E-state index in [1.165, 1.54) is 18.2 Å². The van der Waals surface area contributed by atoms with Crippen LogP contribution in [-0.4, -0.2) is 8.42 Å². The van der Waals surface area contributed by atoms with Crippen molar-refractivity contribution in [1.82, 2.24) is 0 Å². The largest absolute Gasteiger partial charge is 0.489 e. The molecule has 2 rings (SSSR count). The van der Waals surface area contributed by atoms with E-state index in [1.807, 2.05) is 0 Å². The molecule has 0 bridgehead atoms. The van der Waals surface area contributed by atoms with Crippen molar-refractivity contribution in [3.63, 3.8) is 0 Å². The van der Waals surface area contributed by atoms with Crippen LogP contribution in [0.25, 0.3) is 0 Å². The molecule has 6 heteroatoms. The van der Waals surface area contributed by atoms with Gasteiger partial charge in [-0.2, -0.15) is 0 Å². The van der Waals surface area contributed by atoms with E-state index in [9.17, 15) is 12.8 Å². The molecule has 0 unspecified atom stereocenters. The summed E-state index contributed by atoms with van der Waals surface area (Å²) in [6.45, 7) is 3.71. The maximum Gasteiger partial charge on any atom is 0.261 e. The summed E-state index contributed by atoms with van der Waals surface area (Å²) in [4.78, 5) is 0.0794. The second kappa shape index (κ2) is 6.03. The van der Waals surface area contributed by atoms with Crippen molar-refractivity contribution in [3.05, 3.63) is 58.9 Å². The van der Waals surface area contributed by atoms with Crippen LogP contribution in [0.3, 0.4) is 0 Å². The van der Waals surface area contributed by atoms with Gasteiger partial charge in [0.1, 0.15) is 18.2 Å². The van der Waals surface area contributed by atoms with Crippen LogP contribution in [0.2, 0.25) is 0 Å². The van der Waals surface area contributed by atoms with Crippen LogP contribution in [0.4, 0.5) is 4.39 Å². The smallest absolute Gasteiger partial charge is 0.261 e. The molecule has 0 radical (unpaired) electrons. The Bertz CT molecular complexity index is 755. The summed E-state index contributed by atoms with van der Waals surface area (Å²) in [6.07, 6.45) is 0. The van der Waals surface area contributed by atoms with Crippen LogP contribution >= 0.6 is 10.7 Å². The molecule has 0 heterocycles. The zero-order valence-electron chi connectivity index (χ0n) is 11.6. The van der Waals surface area contributed by atoms with Crippen molar-refractivity contribution < 1.29 is 17.5 Å². The maximum atomic E-state index is 12.8. The Hall–Kier alpha value is -1.59. The highest BCUT2D eigenvalue weighted by Crippen LogP contribution is 2.29. The van der Waals surface area contributed by atoms with Gasteiger partial charge in [0.2, 0.25) is 0 Å². The molecule has 2 aromatic carbocycles. The molecule has 2 aromatic rings. The molecule has 0 saturated heterocycles. The first kappa shape index (κ1) is 15.8. The van der Waals surface area contributed by atoms with E-state index in [0.717, 1.165) is 5.56 Å². The monoisotopic (exact) mass is 328 g/mol. The molecule has 0 atom stereocenters. The first-order valence-electron chi connectivity index (χ1n) is 6.21. The molecule has 0 amide bonds. The molecular formula is C15H14ClFO3S. The molecular weight excluding hydrogens is 315 g/mol. The summed E-state index contributed by atoms with van der Waals surface area (Å²) in [7, 11) is 1.60. The zero-order chi connectivity index (χ0) is 15.6. The molecule has 3 nitrogen and oxygen atoms in total. The van der Waals surface area contributed by atoms with Crippen molar-refractivity contribution in [3.8, 4) is 5.75 Å². The highest BCUT2D eigenvalue weighted by atomic mass is 35.7. The Morgan fingerprint density at radius 3 is 2.24 bits per heavy atom. The summed E-state index contributed by atoms with van der Waals surface area (Å²) in [5, 5.41) is 0. The second-order valence-corrected chi connectivity index (χ2v) is 7.20. The van der Waals surface area contributed by atoms with Crippen LogP contribution in [-0.2, 0) is 15.7 Å². The Kier molecular flexibility index (Phi) is 4.54. The maximum absolute atomic E-state index is 12.8. The fraction of sp³-hybridized carbons (Fsp3) is 0.200. The van der Waals surface area contributed by atoms with Gasteiger partial charge in [0.15, 0.2) is 0 Å². The predicted molar refractivity (Wildman–Crippen MR) is 79.7 cm³/mol. The minimum absolute atomic E-state index is 0.0794. The minimum Gasteiger partial charge on any atom is -0.489 e. The summed E-state index contributed by atoms with van der Waals surface area (Å²) in [6, 6.07) is 8.98. The molecule has 21 heavy (non-hydrogen) atoms. The Morgan fingerprint density at radius 1 is 1.05 bits per heavy atom. The highest BCUT2D eigenvalue weighted by molar-refractivity contribution is 8.13. The van der Waals surface area contributed by atoms with Gasteiger partial charge in [-0.15, -0.1) is 0 Å². The van der Waals surface area contributed by atoms with Gasteiger partial charge in [-0.25, -0.2) is 12.8 Å². The first-order valence-corrected chi connectivity index (χ1v) is 8.52. The number of benzene rings is 2. The van der Waals surface area contributed by atoms with E-state index in [-0.39, 0.29) is 17.3 Å². The summed E-state index contributed by atoms with van der Waals surface area (Å²) >= 11 is 0. The molecule has 0 fully saturated rings. The van der Waals surface area contributed by atoms with E-state index >= 15 is 0 Å². The minimum atomic E-state index is -3.77. The van der Waals surface area contributed by atoms with Gasteiger partial charge < -0.3 is 4.74 Å². The third-order valence-electron chi connectivity index (χ3n) is 3.26. The molecule has 0 aliphatic heterocycles. The fourth-order valence-electron chi connectivity index (χ4n) is 1.93. The third-order valence-corrected chi connectivity index (χ3v) is 4.72. The second-order valence-electron chi connectivity index (χ2n) is 4.66. The number of ether oxygens (including phenoxy) is 1. The van der Waals surface area contributed by atoms with Crippen LogP contribution in [0.15, 0.2) is 41.3 Å². The lowest BCUT2D eigenvalue weighted by molar-refractivity contribution is 0.303. The van der Waals surface area contributed by atoms with Crippen LogP contribution in [0.5, 0.6) is 5.75 Å². The van der Waals surface area contributed by atoms with Crippen LogP contribution in [0.1, 0.15) is 16.7 Å². The number of hydrogen-bond acceptors (Lipinski definition) is 3. The van der Waals surface area contributed by atoms with E-state index in [4.69, 9.17) is 15.4 Å². The summed E-state index contributed by atoms with van der Waals surface area (Å²) in [5.41, 5.74) is 2.09. The lowest BCUT2D eigenvalue weighted by atomic mass is 10.1. The first-order chi connectivity index (χ1) is 9.79. The molecule has 0 spiro atoms. The Morgan fingerprint density at radius 2 is 1.67 bits per heavy atom. The normalized spacial score (nSPS) is 11.4. The quantitative estimate of drug-likeness (QED) is 0.798. The molecule has 0 saturated carbocycles. The lowest BCUT2D eigenvalue weighted by Gasteiger charge is -2.13. The van der Waals surface area contributed by atoms with Crippen molar-refractivity contribution in [2.24, 2.45) is 0 Å². The molecule has 0 N–H and O–H groups in total. The number of rotatable bonds is 4. The van der Waals surface area contributed by atoms with Crippen molar-refractivity contribution in [1.29, 1.82) is 0 Å². The van der Waals surface area contributed by atoms with Gasteiger partial charge in [0.05, 0.1) is 4.90 Å². The van der Waals surface area contributed by atoms with Gasteiger partial charge in [0.25, 0.3) is 9.05 Å². The molecule has 0 aromatic heterocycles. The summed E-state index contributed by atoms with van der Waals surface area (Å²) in [5.74, 6) is 0.267. The van der Waals surface area contributed by atoms with Gasteiger partial charge in [-0.05, 0) is 54.8 Å². The van der Waals surface area contributed by atoms with E-state index in [2.05, 4.69) is 0 Å². The van der Waals surface area contributed by atoms with Crippen molar-refractivity contribution in [2.45, 2.75) is 25.3 Å². The fourth-order valence-corrected chi connectivity index (χ4v) is 3.18. The van der Waals surface area contributed by atoms with Gasteiger partial charge in [-0.1, -0.05) is 12.1 Å². The zero-order valence-corrected chi connectivity index (χ0v) is 13.1. The average Bonchev–Trinajstić information content (AvgIpc) is 2.41. The predicted octanol–water partition coefficient (Wildman–Crippen LogP) is 3.95. The Labute approximate surface area is 127 Å². The Balaban J connectivity index is 2.22. The van der Waals surface area contributed by atoms with Crippen LogP contribution in [0, 0.1) is 19.7 Å². The SMILES string of the molecule is Cc1c(OCc2ccc(F)cc2)ccc(S(=O)(=O)Cl)c1C. The topological polar surface area (TPSA) is 43.4 Å². The van der Waals surface area contributed by atoms with Crippen molar-refractivity contribution >= 4 is 19.7 Å². The van der Waals surface area contributed by atoms with E-state index < -0.39 is 9.05 Å². The van der Waals surface area contributed by atoms with Gasteiger partial charge in [0, 0.05) is 10.7 Å².